The van der Waals surface area contributed by atoms with Crippen LogP contribution in [0.5, 0.6) is 0 Å². The lowest BCUT2D eigenvalue weighted by molar-refractivity contribution is 0.275. The van der Waals surface area contributed by atoms with Gasteiger partial charge in [0.15, 0.2) is 0 Å². The second kappa shape index (κ2) is 5.13. The molecule has 0 amide bonds. The summed E-state index contributed by atoms with van der Waals surface area (Å²) in [6, 6.07) is 8.80. The molecule has 0 spiro atoms. The number of hydrogen-bond donors (Lipinski definition) is 1. The van der Waals surface area contributed by atoms with Crippen molar-refractivity contribution in [1.82, 2.24) is 0 Å². The second-order valence-corrected chi connectivity index (χ2v) is 5.54. The van der Waals surface area contributed by atoms with Crippen LogP contribution in [0.15, 0.2) is 28.7 Å². The van der Waals surface area contributed by atoms with Crippen molar-refractivity contribution in [1.29, 1.82) is 0 Å². The molecule has 82 valence electrons. The lowest BCUT2D eigenvalue weighted by Gasteiger charge is -2.28. The number of nitrogens with two attached hydrogens (primary N) is 1. The summed E-state index contributed by atoms with van der Waals surface area (Å²) in [7, 11) is 0. The predicted molar refractivity (Wildman–Crippen MR) is 67.8 cm³/mol. The number of rotatable bonds is 4. The summed E-state index contributed by atoms with van der Waals surface area (Å²) in [5.41, 5.74) is 7.49. The summed E-state index contributed by atoms with van der Waals surface area (Å²) in [5, 5.41) is 0. The van der Waals surface area contributed by atoms with Gasteiger partial charge in [-0.3, -0.25) is 0 Å². The Labute approximate surface area is 100 Å². The van der Waals surface area contributed by atoms with Crippen molar-refractivity contribution >= 4 is 15.9 Å². The zero-order chi connectivity index (χ0) is 10.7. The molecule has 1 aliphatic rings. The Kier molecular flexibility index (Phi) is 3.81. The van der Waals surface area contributed by atoms with E-state index in [9.17, 15) is 0 Å². The molecule has 2 heteroatoms. The molecular formula is C13H18BrN. The molecule has 0 aliphatic heterocycles. The molecule has 1 aromatic rings. The molecule has 2 N–H and O–H groups in total. The summed E-state index contributed by atoms with van der Waals surface area (Å²) >= 11 is 3.49. The molecule has 0 saturated heterocycles. The van der Waals surface area contributed by atoms with Crippen molar-refractivity contribution in [2.75, 3.05) is 0 Å². The van der Waals surface area contributed by atoms with Gasteiger partial charge in [-0.05, 0) is 36.5 Å². The third kappa shape index (κ3) is 3.32. The minimum atomic E-state index is 0.338. The van der Waals surface area contributed by atoms with Crippen LogP contribution in [-0.4, -0.2) is 6.04 Å². The highest BCUT2D eigenvalue weighted by Crippen LogP contribution is 2.30. The SMILES string of the molecule is NC(Cc1cccc(Br)c1)CC1CCC1. The lowest BCUT2D eigenvalue weighted by atomic mass is 9.80. The summed E-state index contributed by atoms with van der Waals surface area (Å²) in [6.07, 6.45) is 6.41. The zero-order valence-electron chi connectivity index (χ0n) is 8.95. The van der Waals surface area contributed by atoms with Gasteiger partial charge >= 0.3 is 0 Å². The maximum absolute atomic E-state index is 6.15. The molecule has 1 aromatic carbocycles. The van der Waals surface area contributed by atoms with E-state index in [-0.39, 0.29) is 0 Å². The van der Waals surface area contributed by atoms with Crippen molar-refractivity contribution in [3.63, 3.8) is 0 Å². The summed E-state index contributed by atoms with van der Waals surface area (Å²) in [4.78, 5) is 0. The van der Waals surface area contributed by atoms with E-state index < -0.39 is 0 Å². The Hall–Kier alpha value is -0.340. The highest BCUT2D eigenvalue weighted by atomic mass is 79.9. The summed E-state index contributed by atoms with van der Waals surface area (Å²) in [5.74, 6) is 0.909. The molecule has 0 bridgehead atoms. The van der Waals surface area contributed by atoms with Crippen molar-refractivity contribution in [2.24, 2.45) is 11.7 Å². The van der Waals surface area contributed by atoms with Gasteiger partial charge in [0, 0.05) is 10.5 Å². The van der Waals surface area contributed by atoms with Gasteiger partial charge in [-0.15, -0.1) is 0 Å². The molecule has 1 atom stereocenters. The molecule has 0 heterocycles. The maximum Gasteiger partial charge on any atom is 0.0178 e. The Morgan fingerprint density at radius 3 is 2.80 bits per heavy atom. The Morgan fingerprint density at radius 1 is 1.40 bits per heavy atom. The topological polar surface area (TPSA) is 26.0 Å². The van der Waals surface area contributed by atoms with E-state index in [0.29, 0.717) is 6.04 Å². The van der Waals surface area contributed by atoms with Gasteiger partial charge in [0.05, 0.1) is 0 Å². The molecule has 0 aromatic heterocycles. The first-order valence-corrected chi connectivity index (χ1v) is 6.53. The van der Waals surface area contributed by atoms with E-state index in [1.54, 1.807) is 0 Å². The molecule has 1 nitrogen and oxygen atoms in total. The fourth-order valence-corrected chi connectivity index (χ4v) is 2.65. The van der Waals surface area contributed by atoms with E-state index in [4.69, 9.17) is 5.73 Å². The van der Waals surface area contributed by atoms with Crippen LogP contribution in [0, 0.1) is 5.92 Å². The van der Waals surface area contributed by atoms with Crippen LogP contribution >= 0.6 is 15.9 Å². The Balaban J connectivity index is 1.84. The molecule has 1 saturated carbocycles. The van der Waals surface area contributed by atoms with Gasteiger partial charge in [0.25, 0.3) is 0 Å². The van der Waals surface area contributed by atoms with Crippen molar-refractivity contribution in [2.45, 2.75) is 38.1 Å². The minimum Gasteiger partial charge on any atom is -0.327 e. The van der Waals surface area contributed by atoms with Gasteiger partial charge in [-0.1, -0.05) is 47.3 Å². The Morgan fingerprint density at radius 2 is 2.20 bits per heavy atom. The molecular weight excluding hydrogens is 250 g/mol. The minimum absolute atomic E-state index is 0.338. The first kappa shape index (κ1) is 11.2. The van der Waals surface area contributed by atoms with E-state index in [1.807, 2.05) is 0 Å². The van der Waals surface area contributed by atoms with E-state index >= 15 is 0 Å². The molecule has 2 rings (SSSR count). The van der Waals surface area contributed by atoms with Gasteiger partial charge in [0.1, 0.15) is 0 Å². The normalized spacial score (nSPS) is 18.5. The third-order valence-electron chi connectivity index (χ3n) is 3.25. The van der Waals surface area contributed by atoms with E-state index in [2.05, 4.69) is 40.2 Å². The monoisotopic (exact) mass is 267 g/mol. The molecule has 0 radical (unpaired) electrons. The average molecular weight is 268 g/mol. The molecule has 1 fully saturated rings. The highest BCUT2D eigenvalue weighted by molar-refractivity contribution is 9.10. The smallest absolute Gasteiger partial charge is 0.0178 e. The van der Waals surface area contributed by atoms with Gasteiger partial charge < -0.3 is 5.73 Å². The van der Waals surface area contributed by atoms with Crippen molar-refractivity contribution in [3.8, 4) is 0 Å². The third-order valence-corrected chi connectivity index (χ3v) is 3.74. The van der Waals surface area contributed by atoms with Crippen LogP contribution in [0.25, 0.3) is 0 Å². The first-order chi connectivity index (χ1) is 7.24. The van der Waals surface area contributed by atoms with E-state index in [0.717, 1.165) is 16.8 Å². The number of hydrogen-bond acceptors (Lipinski definition) is 1. The average Bonchev–Trinajstić information content (AvgIpc) is 2.11. The van der Waals surface area contributed by atoms with Crippen LogP contribution < -0.4 is 5.73 Å². The number of benzene rings is 1. The largest absolute Gasteiger partial charge is 0.327 e. The van der Waals surface area contributed by atoms with Gasteiger partial charge in [-0.2, -0.15) is 0 Å². The predicted octanol–water partition coefficient (Wildman–Crippen LogP) is 3.51. The highest BCUT2D eigenvalue weighted by Gasteiger charge is 2.20. The van der Waals surface area contributed by atoms with Crippen molar-refractivity contribution in [3.05, 3.63) is 34.3 Å². The van der Waals surface area contributed by atoms with Crippen LogP contribution in [0.2, 0.25) is 0 Å². The van der Waals surface area contributed by atoms with Crippen LogP contribution in [-0.2, 0) is 6.42 Å². The standard InChI is InChI=1S/C13H18BrN/c14-12-6-2-5-11(7-12)9-13(15)8-10-3-1-4-10/h2,5-7,10,13H,1,3-4,8-9,15H2. The zero-order valence-corrected chi connectivity index (χ0v) is 10.5. The second-order valence-electron chi connectivity index (χ2n) is 4.63. The fraction of sp³-hybridized carbons (Fsp3) is 0.538. The summed E-state index contributed by atoms with van der Waals surface area (Å²) < 4.78 is 1.15. The van der Waals surface area contributed by atoms with Crippen LogP contribution in [0.4, 0.5) is 0 Å². The molecule has 15 heavy (non-hydrogen) atoms. The number of halogens is 1. The van der Waals surface area contributed by atoms with Crippen LogP contribution in [0.1, 0.15) is 31.2 Å². The first-order valence-electron chi connectivity index (χ1n) is 5.74. The van der Waals surface area contributed by atoms with Gasteiger partial charge in [0.2, 0.25) is 0 Å². The maximum atomic E-state index is 6.15. The molecule has 1 unspecified atom stereocenters. The lowest BCUT2D eigenvalue weighted by Crippen LogP contribution is -2.28. The fourth-order valence-electron chi connectivity index (χ4n) is 2.21. The summed E-state index contributed by atoms with van der Waals surface area (Å²) in [6.45, 7) is 0. The molecule has 1 aliphatic carbocycles. The van der Waals surface area contributed by atoms with E-state index in [1.165, 1.54) is 31.2 Å². The quantitative estimate of drug-likeness (QED) is 0.888. The van der Waals surface area contributed by atoms with Gasteiger partial charge in [-0.25, -0.2) is 0 Å². The van der Waals surface area contributed by atoms with Crippen molar-refractivity contribution < 1.29 is 0 Å². The Bertz CT molecular complexity index is 320. The van der Waals surface area contributed by atoms with Crippen LogP contribution in [0.3, 0.4) is 0 Å².